The maximum Gasteiger partial charge on any atom is 0.312 e. The summed E-state index contributed by atoms with van der Waals surface area (Å²) in [5.41, 5.74) is 1.50. The first-order chi connectivity index (χ1) is 12.1. The summed E-state index contributed by atoms with van der Waals surface area (Å²) < 4.78 is 5.56. The third-order valence-electron chi connectivity index (χ3n) is 3.74. The quantitative estimate of drug-likeness (QED) is 0.735. The molecule has 25 heavy (non-hydrogen) atoms. The molecule has 1 unspecified atom stereocenters. The molecule has 0 bridgehead atoms. The largest absolute Gasteiger partial charge is 0.494 e. The number of carboxylic acids is 1. The first-order valence-electron chi connectivity index (χ1n) is 8.36. The molecule has 0 saturated carbocycles. The molecule has 0 aromatic heterocycles. The molecular formula is C20H23NO4. The van der Waals surface area contributed by atoms with E-state index in [1.165, 1.54) is 0 Å². The van der Waals surface area contributed by atoms with Crippen molar-refractivity contribution in [1.82, 2.24) is 5.32 Å². The molecule has 0 aliphatic carbocycles. The van der Waals surface area contributed by atoms with Gasteiger partial charge in [0.1, 0.15) is 5.75 Å². The summed E-state index contributed by atoms with van der Waals surface area (Å²) in [5, 5.41) is 12.1. The zero-order valence-electron chi connectivity index (χ0n) is 14.3. The van der Waals surface area contributed by atoms with Crippen LogP contribution in [0.5, 0.6) is 5.75 Å². The van der Waals surface area contributed by atoms with Crippen molar-refractivity contribution in [3.8, 4) is 5.75 Å². The molecule has 0 radical (unpaired) electrons. The molecule has 5 heteroatoms. The molecule has 0 heterocycles. The average Bonchev–Trinajstić information content (AvgIpc) is 2.61. The number of aliphatic carboxylic acids is 1. The summed E-state index contributed by atoms with van der Waals surface area (Å²) in [5.74, 6) is -1.19. The molecule has 0 spiro atoms. The number of carboxylic acid groups (broad SMARTS) is 1. The molecule has 1 amide bonds. The van der Waals surface area contributed by atoms with E-state index in [0.717, 1.165) is 17.7 Å². The van der Waals surface area contributed by atoms with Gasteiger partial charge < -0.3 is 15.2 Å². The molecule has 2 aromatic carbocycles. The van der Waals surface area contributed by atoms with Crippen LogP contribution < -0.4 is 10.1 Å². The highest BCUT2D eigenvalue weighted by atomic mass is 16.5. The topological polar surface area (TPSA) is 75.6 Å². The van der Waals surface area contributed by atoms with Crippen molar-refractivity contribution in [2.45, 2.75) is 25.7 Å². The number of carbonyl (C=O) groups excluding carboxylic acids is 1. The monoisotopic (exact) mass is 341 g/mol. The lowest BCUT2D eigenvalue weighted by atomic mass is 9.99. The molecule has 0 aliphatic heterocycles. The molecule has 132 valence electrons. The first kappa shape index (κ1) is 18.5. The molecular weight excluding hydrogens is 318 g/mol. The van der Waals surface area contributed by atoms with Gasteiger partial charge in [-0.15, -0.1) is 0 Å². The average molecular weight is 341 g/mol. The fourth-order valence-electron chi connectivity index (χ4n) is 2.46. The van der Waals surface area contributed by atoms with E-state index in [-0.39, 0.29) is 18.9 Å². The molecule has 2 N–H and O–H groups in total. The van der Waals surface area contributed by atoms with Crippen molar-refractivity contribution in [2.24, 2.45) is 0 Å². The molecule has 1 atom stereocenters. The Morgan fingerprint density at radius 2 is 1.88 bits per heavy atom. The number of hydrogen-bond donors (Lipinski definition) is 2. The fourth-order valence-corrected chi connectivity index (χ4v) is 2.46. The lowest BCUT2D eigenvalue weighted by Gasteiger charge is -2.14. The van der Waals surface area contributed by atoms with E-state index in [2.05, 4.69) is 5.32 Å². The molecule has 0 fully saturated rings. The third kappa shape index (κ3) is 5.95. The number of amides is 1. The van der Waals surface area contributed by atoms with Crippen molar-refractivity contribution in [3.05, 3.63) is 65.7 Å². The summed E-state index contributed by atoms with van der Waals surface area (Å²) >= 11 is 0. The van der Waals surface area contributed by atoms with Crippen molar-refractivity contribution in [1.29, 1.82) is 0 Å². The summed E-state index contributed by atoms with van der Waals surface area (Å²) in [6.07, 6.45) is 1.10. The highest BCUT2D eigenvalue weighted by Gasteiger charge is 2.20. The Labute approximate surface area is 147 Å². The smallest absolute Gasteiger partial charge is 0.312 e. The minimum atomic E-state index is -0.957. The minimum Gasteiger partial charge on any atom is -0.494 e. The number of benzene rings is 2. The van der Waals surface area contributed by atoms with Crippen LogP contribution in [0.25, 0.3) is 0 Å². The van der Waals surface area contributed by atoms with Crippen LogP contribution in [0.15, 0.2) is 54.6 Å². The number of carbonyl (C=O) groups is 2. The van der Waals surface area contributed by atoms with Crippen molar-refractivity contribution < 1.29 is 19.4 Å². The van der Waals surface area contributed by atoms with E-state index in [4.69, 9.17) is 4.74 Å². The number of nitrogens with one attached hydrogen (secondary N) is 1. The summed E-state index contributed by atoms with van der Waals surface area (Å²) in [4.78, 5) is 23.6. The Bertz CT molecular complexity index is 700. The van der Waals surface area contributed by atoms with E-state index >= 15 is 0 Å². The van der Waals surface area contributed by atoms with Crippen LogP contribution >= 0.6 is 0 Å². The second-order valence-electron chi connectivity index (χ2n) is 5.78. The van der Waals surface area contributed by atoms with E-state index in [1.807, 2.05) is 37.3 Å². The summed E-state index contributed by atoms with van der Waals surface area (Å²) in [7, 11) is 0. The summed E-state index contributed by atoms with van der Waals surface area (Å²) in [6, 6.07) is 16.3. The van der Waals surface area contributed by atoms with Gasteiger partial charge in [0.2, 0.25) is 5.91 Å². The molecule has 0 saturated heterocycles. The van der Waals surface area contributed by atoms with Gasteiger partial charge in [-0.1, -0.05) is 49.4 Å². The Morgan fingerprint density at radius 1 is 1.12 bits per heavy atom. The highest BCUT2D eigenvalue weighted by molar-refractivity contribution is 5.81. The minimum absolute atomic E-state index is 0.0597. The lowest BCUT2D eigenvalue weighted by Crippen LogP contribution is -2.32. The van der Waals surface area contributed by atoms with Crippen LogP contribution in [0.4, 0.5) is 0 Å². The molecule has 0 aliphatic rings. The molecule has 5 nitrogen and oxygen atoms in total. The van der Waals surface area contributed by atoms with Crippen LogP contribution in [-0.4, -0.2) is 30.1 Å². The van der Waals surface area contributed by atoms with Gasteiger partial charge in [0.05, 0.1) is 18.9 Å². The maximum absolute atomic E-state index is 12.2. The van der Waals surface area contributed by atoms with E-state index in [0.29, 0.717) is 12.2 Å². The van der Waals surface area contributed by atoms with Gasteiger partial charge in [-0.2, -0.15) is 0 Å². The van der Waals surface area contributed by atoms with Crippen LogP contribution in [0.3, 0.4) is 0 Å². The van der Waals surface area contributed by atoms with Gasteiger partial charge in [-0.25, -0.2) is 0 Å². The SMILES string of the molecule is CCCOc1cccc(CC(=O)NCC(C(=O)O)c2ccccc2)c1. The number of ether oxygens (including phenoxy) is 1. The second kappa shape index (κ2) is 9.47. The Morgan fingerprint density at radius 3 is 2.56 bits per heavy atom. The number of rotatable bonds is 9. The zero-order chi connectivity index (χ0) is 18.1. The molecule has 2 aromatic rings. The van der Waals surface area contributed by atoms with Gasteiger partial charge in [-0.3, -0.25) is 9.59 Å². The fraction of sp³-hybridized carbons (Fsp3) is 0.300. The Hall–Kier alpha value is -2.82. The second-order valence-corrected chi connectivity index (χ2v) is 5.78. The normalized spacial score (nSPS) is 11.6. The van der Waals surface area contributed by atoms with Crippen molar-refractivity contribution >= 4 is 11.9 Å². The number of hydrogen-bond acceptors (Lipinski definition) is 3. The van der Waals surface area contributed by atoms with Gasteiger partial charge >= 0.3 is 5.97 Å². The van der Waals surface area contributed by atoms with Crippen LogP contribution in [0.2, 0.25) is 0 Å². The van der Waals surface area contributed by atoms with Crippen LogP contribution in [0.1, 0.15) is 30.4 Å². The standard InChI is InChI=1S/C20H23NO4/c1-2-11-25-17-10-6-7-15(12-17)13-19(22)21-14-18(20(23)24)16-8-4-3-5-9-16/h3-10,12,18H,2,11,13-14H2,1H3,(H,21,22)(H,23,24). The van der Waals surface area contributed by atoms with Gasteiger partial charge in [0.25, 0.3) is 0 Å². The predicted molar refractivity (Wildman–Crippen MR) is 95.8 cm³/mol. The Kier molecular flexibility index (Phi) is 7.01. The van der Waals surface area contributed by atoms with E-state index < -0.39 is 11.9 Å². The maximum atomic E-state index is 12.2. The van der Waals surface area contributed by atoms with Gasteiger partial charge in [0, 0.05) is 6.54 Å². The predicted octanol–water partition coefficient (Wildman–Crippen LogP) is 3.00. The lowest BCUT2D eigenvalue weighted by molar-refractivity contribution is -0.138. The third-order valence-corrected chi connectivity index (χ3v) is 3.74. The molecule has 2 rings (SSSR count). The van der Waals surface area contributed by atoms with Crippen molar-refractivity contribution in [2.75, 3.05) is 13.2 Å². The van der Waals surface area contributed by atoms with E-state index in [9.17, 15) is 14.7 Å². The summed E-state index contributed by atoms with van der Waals surface area (Å²) in [6.45, 7) is 2.72. The van der Waals surface area contributed by atoms with E-state index in [1.54, 1.807) is 24.3 Å². The zero-order valence-corrected chi connectivity index (χ0v) is 14.3. The van der Waals surface area contributed by atoms with Crippen LogP contribution in [0, 0.1) is 0 Å². The van der Waals surface area contributed by atoms with Gasteiger partial charge in [0.15, 0.2) is 0 Å². The first-order valence-corrected chi connectivity index (χ1v) is 8.36. The highest BCUT2D eigenvalue weighted by Crippen LogP contribution is 2.16. The van der Waals surface area contributed by atoms with Gasteiger partial charge in [-0.05, 0) is 29.7 Å². The van der Waals surface area contributed by atoms with Crippen molar-refractivity contribution in [3.63, 3.8) is 0 Å². The van der Waals surface area contributed by atoms with Crippen LogP contribution in [-0.2, 0) is 16.0 Å². The Balaban J connectivity index is 1.92.